The zero-order valence-electron chi connectivity index (χ0n) is 21.6. The first-order valence-corrected chi connectivity index (χ1v) is 13.7. The zero-order valence-corrected chi connectivity index (χ0v) is 22.4. The normalized spacial score (nSPS) is 18.8. The van der Waals surface area contributed by atoms with E-state index >= 15 is 0 Å². The Morgan fingerprint density at radius 3 is 2.65 bits per heavy atom. The topological polar surface area (TPSA) is 116 Å². The van der Waals surface area contributed by atoms with Gasteiger partial charge in [0.1, 0.15) is 9.71 Å². The summed E-state index contributed by atoms with van der Waals surface area (Å²) in [5.74, 6) is 0.193. The molecule has 0 aromatic carbocycles. The van der Waals surface area contributed by atoms with E-state index in [4.69, 9.17) is 0 Å². The van der Waals surface area contributed by atoms with Gasteiger partial charge in [-0.05, 0) is 56.2 Å². The summed E-state index contributed by atoms with van der Waals surface area (Å²) in [5, 5.41) is 9.81. The molecule has 0 saturated heterocycles. The molecule has 1 aliphatic carbocycles. The molecule has 1 saturated carbocycles. The number of nitrogens with zero attached hydrogens (tertiary/aromatic N) is 3. The van der Waals surface area contributed by atoms with E-state index in [0.29, 0.717) is 39.1 Å². The Morgan fingerprint density at radius 1 is 1.19 bits per heavy atom. The number of rotatable bonds is 7. The Kier molecular flexibility index (Phi) is 6.85. The Hall–Kier alpha value is -3.53. The largest absolute Gasteiger partial charge is 0.351 e. The molecule has 194 valence electrons. The number of anilines is 3. The van der Waals surface area contributed by atoms with Crippen molar-refractivity contribution in [3.63, 3.8) is 0 Å². The summed E-state index contributed by atoms with van der Waals surface area (Å²) < 4.78 is 0. The fourth-order valence-electron chi connectivity index (χ4n) is 5.20. The number of aryl methyl sites for hydroxylation is 1. The molecule has 9 nitrogen and oxygen atoms in total. The highest BCUT2D eigenvalue weighted by atomic mass is 32.1. The Balaban J connectivity index is 1.47. The summed E-state index contributed by atoms with van der Waals surface area (Å²) in [6.45, 7) is 8.09. The molecular formula is C27H32N6O3S. The minimum Gasteiger partial charge on any atom is -0.351 e. The van der Waals surface area contributed by atoms with Crippen LogP contribution in [-0.4, -0.2) is 39.9 Å². The molecule has 0 radical (unpaired) electrons. The molecular weight excluding hydrogens is 488 g/mol. The van der Waals surface area contributed by atoms with Crippen molar-refractivity contribution in [3.8, 4) is 0 Å². The van der Waals surface area contributed by atoms with Crippen molar-refractivity contribution in [3.05, 3.63) is 40.7 Å². The summed E-state index contributed by atoms with van der Waals surface area (Å²) in [7, 11) is 0. The number of aromatic nitrogens is 2. The molecule has 3 N–H and O–H groups in total. The van der Waals surface area contributed by atoms with Crippen molar-refractivity contribution in [2.75, 3.05) is 10.2 Å². The van der Waals surface area contributed by atoms with E-state index in [1.165, 1.54) is 11.3 Å². The van der Waals surface area contributed by atoms with Crippen LogP contribution in [0.25, 0.3) is 10.2 Å². The van der Waals surface area contributed by atoms with Crippen LogP contribution >= 0.6 is 11.3 Å². The second kappa shape index (κ2) is 10.1. The highest BCUT2D eigenvalue weighted by molar-refractivity contribution is 7.21. The average molecular weight is 521 g/mol. The molecule has 1 aliphatic heterocycles. The summed E-state index contributed by atoms with van der Waals surface area (Å²) in [6.07, 6.45) is 7.23. The maximum atomic E-state index is 13.4. The van der Waals surface area contributed by atoms with Gasteiger partial charge in [-0.3, -0.25) is 19.5 Å². The van der Waals surface area contributed by atoms with Crippen LogP contribution in [0.4, 0.5) is 21.9 Å². The quantitative estimate of drug-likeness (QED) is 0.403. The molecule has 2 aliphatic rings. The molecule has 4 amide bonds. The number of nitrogens with one attached hydrogen (secondary N) is 3. The number of carbonyl (C=O) groups is 3. The summed E-state index contributed by atoms with van der Waals surface area (Å²) >= 11 is 1.26. The second-order valence-electron chi connectivity index (χ2n) is 10.2. The van der Waals surface area contributed by atoms with Gasteiger partial charge in [0.15, 0.2) is 0 Å². The zero-order chi connectivity index (χ0) is 26.3. The van der Waals surface area contributed by atoms with E-state index in [0.717, 1.165) is 42.3 Å². The molecule has 3 aromatic heterocycles. The average Bonchev–Trinajstić information content (AvgIpc) is 3.44. The van der Waals surface area contributed by atoms with Crippen LogP contribution in [-0.2, 0) is 11.2 Å². The monoisotopic (exact) mass is 520 g/mol. The number of urea groups is 1. The number of pyridine rings is 2. The first-order chi connectivity index (χ1) is 17.8. The third-order valence-corrected chi connectivity index (χ3v) is 8.05. The van der Waals surface area contributed by atoms with Crippen LogP contribution in [0, 0.1) is 12.8 Å². The third-order valence-electron chi connectivity index (χ3n) is 6.95. The summed E-state index contributed by atoms with van der Waals surface area (Å²) in [6, 6.07) is 3.24. The van der Waals surface area contributed by atoms with E-state index in [2.05, 4.69) is 39.8 Å². The van der Waals surface area contributed by atoms with E-state index in [-0.39, 0.29) is 29.9 Å². The van der Waals surface area contributed by atoms with Crippen LogP contribution in [0.2, 0.25) is 0 Å². The second-order valence-corrected chi connectivity index (χ2v) is 11.2. The van der Waals surface area contributed by atoms with Crippen molar-refractivity contribution in [1.29, 1.82) is 0 Å². The third kappa shape index (κ3) is 4.77. The maximum absolute atomic E-state index is 13.4. The standard InChI is InChI=1S/C27H32N6O3S/c1-5-21(34)30-17-7-6-8-18(17)31-25(35)24-23-22-19(9-10-28-26(22)37-24)33(27(36)32-23)20-13-29-16(11-14(2)3)12-15(20)4/h9-10,12-14,17-18H,5-8,11H2,1-4H3,(H,30,34)(H,31,35)(H,32,36)/t17-,18+/m0/s1. The molecule has 0 bridgehead atoms. The van der Waals surface area contributed by atoms with Gasteiger partial charge in [-0.2, -0.15) is 0 Å². The molecule has 37 heavy (non-hydrogen) atoms. The van der Waals surface area contributed by atoms with Crippen LogP contribution in [0.5, 0.6) is 0 Å². The Morgan fingerprint density at radius 2 is 1.95 bits per heavy atom. The Bertz CT molecular complexity index is 1380. The minimum atomic E-state index is -0.345. The molecule has 2 atom stereocenters. The van der Waals surface area contributed by atoms with Crippen LogP contribution < -0.4 is 20.9 Å². The van der Waals surface area contributed by atoms with Gasteiger partial charge in [-0.1, -0.05) is 20.8 Å². The molecule has 3 aromatic rings. The predicted octanol–water partition coefficient (Wildman–Crippen LogP) is 5.06. The molecule has 4 heterocycles. The SMILES string of the molecule is CCC(=O)N[C@H]1CCC[C@H]1NC(=O)c1sc2nccc3c2c1NC(=O)N3c1cnc(CC(C)C)cc1C. The molecule has 1 fully saturated rings. The Labute approximate surface area is 220 Å². The summed E-state index contributed by atoms with van der Waals surface area (Å²) in [4.78, 5) is 50.6. The molecule has 0 spiro atoms. The van der Waals surface area contributed by atoms with E-state index in [1.54, 1.807) is 23.4 Å². The molecule has 5 rings (SSSR count). The number of carbonyl (C=O) groups excluding carboxylic acids is 3. The van der Waals surface area contributed by atoms with Crippen LogP contribution in [0.15, 0.2) is 24.5 Å². The fourth-order valence-corrected chi connectivity index (χ4v) is 6.23. The lowest BCUT2D eigenvalue weighted by Gasteiger charge is -2.29. The summed E-state index contributed by atoms with van der Waals surface area (Å²) in [5.41, 5.74) is 3.79. The minimum absolute atomic E-state index is 0.0219. The van der Waals surface area contributed by atoms with Gasteiger partial charge < -0.3 is 16.0 Å². The number of thiophene rings is 1. The van der Waals surface area contributed by atoms with Crippen LogP contribution in [0.3, 0.4) is 0 Å². The van der Waals surface area contributed by atoms with E-state index in [9.17, 15) is 14.4 Å². The highest BCUT2D eigenvalue weighted by Gasteiger charge is 2.35. The van der Waals surface area contributed by atoms with Crippen molar-refractivity contribution in [1.82, 2.24) is 20.6 Å². The lowest BCUT2D eigenvalue weighted by Crippen LogP contribution is -2.48. The molecule has 10 heteroatoms. The first-order valence-electron chi connectivity index (χ1n) is 12.8. The van der Waals surface area contributed by atoms with Crippen molar-refractivity contribution < 1.29 is 14.4 Å². The van der Waals surface area contributed by atoms with Crippen LogP contribution in [0.1, 0.15) is 67.4 Å². The smallest absolute Gasteiger partial charge is 0.331 e. The van der Waals surface area contributed by atoms with Gasteiger partial charge in [-0.25, -0.2) is 9.78 Å². The maximum Gasteiger partial charge on any atom is 0.331 e. The predicted molar refractivity (Wildman–Crippen MR) is 146 cm³/mol. The van der Waals surface area contributed by atoms with Gasteiger partial charge in [0.05, 0.1) is 28.6 Å². The lowest BCUT2D eigenvalue weighted by molar-refractivity contribution is -0.121. The van der Waals surface area contributed by atoms with Gasteiger partial charge in [0, 0.05) is 30.4 Å². The number of amides is 4. The van der Waals surface area contributed by atoms with Gasteiger partial charge in [0.2, 0.25) is 5.91 Å². The van der Waals surface area contributed by atoms with Crippen molar-refractivity contribution in [2.45, 2.75) is 71.9 Å². The number of hydrogen-bond acceptors (Lipinski definition) is 6. The molecule has 0 unspecified atom stereocenters. The number of hydrogen-bond donors (Lipinski definition) is 3. The lowest BCUT2D eigenvalue weighted by atomic mass is 10.0. The van der Waals surface area contributed by atoms with Gasteiger partial charge >= 0.3 is 6.03 Å². The van der Waals surface area contributed by atoms with Gasteiger partial charge in [0.25, 0.3) is 5.91 Å². The van der Waals surface area contributed by atoms with Crippen molar-refractivity contribution >= 4 is 56.5 Å². The van der Waals surface area contributed by atoms with Crippen molar-refractivity contribution in [2.24, 2.45) is 5.92 Å². The highest BCUT2D eigenvalue weighted by Crippen LogP contribution is 2.46. The van der Waals surface area contributed by atoms with E-state index in [1.807, 2.05) is 19.9 Å². The first kappa shape index (κ1) is 25.1. The van der Waals surface area contributed by atoms with E-state index < -0.39 is 0 Å². The van der Waals surface area contributed by atoms with Gasteiger partial charge in [-0.15, -0.1) is 11.3 Å². The fraction of sp³-hybridized carbons (Fsp3) is 0.444.